The van der Waals surface area contributed by atoms with Gasteiger partial charge in [0.25, 0.3) is 0 Å². The zero-order valence-corrected chi connectivity index (χ0v) is 15.1. The fourth-order valence-electron chi connectivity index (χ4n) is 1.85. The lowest BCUT2D eigenvalue weighted by atomic mass is 10.2. The van der Waals surface area contributed by atoms with Gasteiger partial charge in [0.2, 0.25) is 0 Å². The van der Waals surface area contributed by atoms with Gasteiger partial charge in [0.05, 0.1) is 28.9 Å². The van der Waals surface area contributed by atoms with Gasteiger partial charge in [-0.1, -0.05) is 34.8 Å². The second-order valence-corrected chi connectivity index (χ2v) is 6.32. The van der Waals surface area contributed by atoms with E-state index in [0.717, 1.165) is 6.08 Å². The first kappa shape index (κ1) is 21.2. The van der Waals surface area contributed by atoms with E-state index < -0.39 is 11.2 Å². The van der Waals surface area contributed by atoms with E-state index >= 15 is 0 Å². The number of ether oxygens (including phenoxy) is 2. The topological polar surface area (TPSA) is 38.7 Å². The Morgan fingerprint density at radius 2 is 1.75 bits per heavy atom. The van der Waals surface area contributed by atoms with Crippen molar-refractivity contribution in [3.63, 3.8) is 0 Å². The van der Waals surface area contributed by atoms with E-state index in [2.05, 4.69) is 0 Å². The third-order valence-electron chi connectivity index (χ3n) is 2.88. The van der Waals surface area contributed by atoms with E-state index in [1.165, 1.54) is 12.1 Å². The SMILES string of the molecule is CC(CC(C)Oc1c(Cl)cc(O)cc1Cl)OCC=C(Cl)C(F)(F)F. The molecule has 0 heterocycles. The van der Waals surface area contributed by atoms with Crippen molar-refractivity contribution in [2.45, 2.75) is 38.7 Å². The van der Waals surface area contributed by atoms with Crippen LogP contribution in [0.15, 0.2) is 23.2 Å². The van der Waals surface area contributed by atoms with Gasteiger partial charge in [-0.3, -0.25) is 0 Å². The van der Waals surface area contributed by atoms with Gasteiger partial charge >= 0.3 is 6.18 Å². The Morgan fingerprint density at radius 1 is 1.21 bits per heavy atom. The molecule has 0 spiro atoms. The number of rotatable bonds is 7. The maximum atomic E-state index is 12.2. The lowest BCUT2D eigenvalue weighted by Crippen LogP contribution is -2.21. The maximum absolute atomic E-state index is 12.2. The van der Waals surface area contributed by atoms with Crippen molar-refractivity contribution in [3.8, 4) is 11.5 Å². The summed E-state index contributed by atoms with van der Waals surface area (Å²) in [7, 11) is 0. The summed E-state index contributed by atoms with van der Waals surface area (Å²) >= 11 is 17.0. The third-order valence-corrected chi connectivity index (χ3v) is 3.81. The minimum atomic E-state index is -4.57. The summed E-state index contributed by atoms with van der Waals surface area (Å²) in [4.78, 5) is 0. The molecule has 1 rings (SSSR count). The van der Waals surface area contributed by atoms with Crippen LogP contribution >= 0.6 is 34.8 Å². The monoisotopic (exact) mass is 406 g/mol. The largest absolute Gasteiger partial charge is 0.508 e. The Kier molecular flexibility index (Phi) is 7.99. The number of phenols is 1. The van der Waals surface area contributed by atoms with E-state index in [0.29, 0.717) is 6.42 Å². The van der Waals surface area contributed by atoms with Gasteiger partial charge in [-0.25, -0.2) is 0 Å². The van der Waals surface area contributed by atoms with E-state index in [4.69, 9.17) is 44.3 Å². The van der Waals surface area contributed by atoms with Crippen LogP contribution in [0.2, 0.25) is 10.0 Å². The van der Waals surface area contributed by atoms with Gasteiger partial charge in [0, 0.05) is 18.6 Å². The normalized spacial score (nSPS) is 15.2. The maximum Gasteiger partial charge on any atom is 0.426 e. The summed E-state index contributed by atoms with van der Waals surface area (Å²) in [6.45, 7) is 3.15. The van der Waals surface area contributed by atoms with Crippen LogP contribution < -0.4 is 4.74 Å². The van der Waals surface area contributed by atoms with Gasteiger partial charge < -0.3 is 14.6 Å². The van der Waals surface area contributed by atoms with Crippen LogP contribution in [0.5, 0.6) is 11.5 Å². The second-order valence-electron chi connectivity index (χ2n) is 5.10. The average molecular weight is 408 g/mol. The molecule has 9 heteroatoms. The van der Waals surface area contributed by atoms with Crippen molar-refractivity contribution in [1.82, 2.24) is 0 Å². The summed E-state index contributed by atoms with van der Waals surface area (Å²) in [6.07, 6.45) is -4.19. The molecule has 136 valence electrons. The van der Waals surface area contributed by atoms with Crippen LogP contribution in [0.1, 0.15) is 20.3 Å². The first-order valence-corrected chi connectivity index (χ1v) is 8.03. The average Bonchev–Trinajstić information content (AvgIpc) is 2.41. The Morgan fingerprint density at radius 3 is 2.25 bits per heavy atom. The number of aromatic hydroxyl groups is 1. The molecule has 0 bridgehead atoms. The molecule has 0 saturated heterocycles. The van der Waals surface area contributed by atoms with Gasteiger partial charge in [0.1, 0.15) is 10.8 Å². The highest BCUT2D eigenvalue weighted by Gasteiger charge is 2.32. The van der Waals surface area contributed by atoms with Crippen LogP contribution in [0.25, 0.3) is 0 Å². The minimum absolute atomic E-state index is 0.0879. The Hall–Kier alpha value is -0.820. The molecular formula is C15H16Cl3F3O3. The van der Waals surface area contributed by atoms with Crippen LogP contribution in [0.3, 0.4) is 0 Å². The summed E-state index contributed by atoms with van der Waals surface area (Å²) in [6, 6.07) is 2.58. The Labute approximate surface area is 152 Å². The first-order valence-electron chi connectivity index (χ1n) is 6.89. The molecule has 0 saturated carbocycles. The molecule has 0 aliphatic heterocycles. The van der Waals surface area contributed by atoms with Crippen LogP contribution in [-0.4, -0.2) is 30.1 Å². The molecule has 0 aliphatic rings. The van der Waals surface area contributed by atoms with Crippen LogP contribution in [0, 0.1) is 0 Å². The molecular weight excluding hydrogens is 392 g/mol. The lowest BCUT2D eigenvalue weighted by molar-refractivity contribution is -0.0853. The van der Waals surface area contributed by atoms with E-state index in [1.807, 2.05) is 0 Å². The fraction of sp³-hybridized carbons (Fsp3) is 0.467. The van der Waals surface area contributed by atoms with Crippen molar-refractivity contribution in [1.29, 1.82) is 0 Å². The molecule has 1 aromatic carbocycles. The molecule has 0 amide bonds. The van der Waals surface area contributed by atoms with Gasteiger partial charge in [-0.2, -0.15) is 13.2 Å². The molecule has 2 atom stereocenters. The number of allylic oxidation sites excluding steroid dienone is 1. The van der Waals surface area contributed by atoms with Gasteiger partial charge in [0.15, 0.2) is 5.75 Å². The van der Waals surface area contributed by atoms with Crippen molar-refractivity contribution in [2.24, 2.45) is 0 Å². The van der Waals surface area contributed by atoms with Crippen molar-refractivity contribution in [3.05, 3.63) is 33.3 Å². The summed E-state index contributed by atoms with van der Waals surface area (Å²) in [5.74, 6) is 0.130. The predicted octanol–water partition coefficient (Wildman–Crippen LogP) is 5.95. The van der Waals surface area contributed by atoms with Gasteiger partial charge in [-0.15, -0.1) is 0 Å². The molecule has 0 aliphatic carbocycles. The second kappa shape index (κ2) is 9.04. The zero-order chi connectivity index (χ0) is 18.5. The molecule has 2 unspecified atom stereocenters. The summed E-state index contributed by atoms with van der Waals surface area (Å²) in [5, 5.41) is 8.44. The quantitative estimate of drug-likeness (QED) is 0.607. The molecule has 24 heavy (non-hydrogen) atoms. The number of alkyl halides is 3. The highest BCUT2D eigenvalue weighted by atomic mass is 35.5. The van der Waals surface area contributed by atoms with Crippen molar-refractivity contribution in [2.75, 3.05) is 6.61 Å². The molecule has 1 aromatic rings. The fourth-order valence-corrected chi connectivity index (χ4v) is 2.47. The number of halogens is 6. The minimum Gasteiger partial charge on any atom is -0.508 e. The van der Waals surface area contributed by atoms with Crippen molar-refractivity contribution >= 4 is 34.8 Å². The van der Waals surface area contributed by atoms with Crippen LogP contribution in [-0.2, 0) is 4.74 Å². The summed E-state index contributed by atoms with van der Waals surface area (Å²) < 4.78 is 47.5. The Bertz CT molecular complexity index is 568. The molecule has 0 radical (unpaired) electrons. The van der Waals surface area contributed by atoms with Gasteiger partial charge in [-0.05, 0) is 19.9 Å². The molecule has 0 fully saturated rings. The smallest absolute Gasteiger partial charge is 0.426 e. The molecule has 0 aromatic heterocycles. The number of hydrogen-bond acceptors (Lipinski definition) is 3. The standard InChI is InChI=1S/C15H16Cl3F3O3/c1-8(23-4-3-13(18)15(19,20)21)5-9(2)24-14-11(16)6-10(22)7-12(14)17/h3,6-9,22H,4-5H2,1-2H3. The van der Waals surface area contributed by atoms with E-state index in [1.54, 1.807) is 13.8 Å². The highest BCUT2D eigenvalue weighted by Crippen LogP contribution is 2.37. The van der Waals surface area contributed by atoms with E-state index in [9.17, 15) is 18.3 Å². The van der Waals surface area contributed by atoms with E-state index in [-0.39, 0.29) is 40.4 Å². The molecule has 1 N–H and O–H groups in total. The predicted molar refractivity (Wildman–Crippen MR) is 88.2 cm³/mol. The zero-order valence-electron chi connectivity index (χ0n) is 12.8. The van der Waals surface area contributed by atoms with Crippen LogP contribution in [0.4, 0.5) is 13.2 Å². The highest BCUT2D eigenvalue weighted by molar-refractivity contribution is 6.37. The third kappa shape index (κ3) is 6.97. The van der Waals surface area contributed by atoms with Crippen molar-refractivity contribution < 1.29 is 27.8 Å². The number of phenolic OH excluding ortho intramolecular Hbond substituents is 1. The summed E-state index contributed by atoms with van der Waals surface area (Å²) in [5.41, 5.74) is 0. The number of hydrogen-bond donors (Lipinski definition) is 1. The number of benzene rings is 1. The lowest BCUT2D eigenvalue weighted by Gasteiger charge is -2.20. The first-order chi connectivity index (χ1) is 11.0. The molecule has 3 nitrogen and oxygen atoms in total. The Balaban J connectivity index is 2.52.